The number of unbranched alkanes of at least 4 members (excludes halogenated alkanes) is 12. The zero-order chi connectivity index (χ0) is 19.4. The van der Waals surface area contributed by atoms with Crippen LogP contribution in [0.1, 0.15) is 114 Å². The van der Waals surface area contributed by atoms with Gasteiger partial charge in [0, 0.05) is 13.2 Å². The van der Waals surface area contributed by atoms with Crippen LogP contribution in [0.2, 0.25) is 0 Å². The maximum Gasteiger partial charge on any atom is 0.0431 e. The summed E-state index contributed by atoms with van der Waals surface area (Å²) in [5.74, 6) is 0.670. The third-order valence-corrected chi connectivity index (χ3v) is 5.69. The van der Waals surface area contributed by atoms with Crippen molar-refractivity contribution in [2.24, 2.45) is 0 Å². The summed E-state index contributed by atoms with van der Waals surface area (Å²) in [6, 6.07) is 11.0. The van der Waals surface area contributed by atoms with Crippen molar-refractivity contribution in [1.29, 1.82) is 0 Å². The van der Waals surface area contributed by atoms with Gasteiger partial charge in [-0.2, -0.15) is 0 Å². The zero-order valence-corrected chi connectivity index (χ0v) is 17.6. The molecular formula is C25H44O2. The molecule has 2 heteroatoms. The maximum absolute atomic E-state index is 9.04. The van der Waals surface area contributed by atoms with E-state index in [0.29, 0.717) is 19.1 Å². The third-order valence-electron chi connectivity index (χ3n) is 5.69. The summed E-state index contributed by atoms with van der Waals surface area (Å²) in [7, 11) is 0. The van der Waals surface area contributed by atoms with Gasteiger partial charge in [0.25, 0.3) is 0 Å². The number of hydrogen-bond acceptors (Lipinski definition) is 2. The molecule has 0 spiro atoms. The summed E-state index contributed by atoms with van der Waals surface area (Å²) in [6.07, 6.45) is 20.4. The molecule has 0 fully saturated rings. The molecule has 1 unspecified atom stereocenters. The molecule has 1 aromatic carbocycles. The fourth-order valence-corrected chi connectivity index (χ4v) is 3.98. The normalized spacial score (nSPS) is 12.4. The van der Waals surface area contributed by atoms with Crippen molar-refractivity contribution in [3.05, 3.63) is 35.9 Å². The Bertz CT molecular complexity index is 404. The van der Waals surface area contributed by atoms with Crippen molar-refractivity contribution in [3.63, 3.8) is 0 Å². The Morgan fingerprint density at radius 1 is 0.481 bits per heavy atom. The number of aliphatic hydroxyl groups is 2. The third kappa shape index (κ3) is 13.9. The quantitative estimate of drug-likeness (QED) is 0.255. The Hall–Kier alpha value is -0.860. The summed E-state index contributed by atoms with van der Waals surface area (Å²) in [4.78, 5) is 0. The Morgan fingerprint density at radius 3 is 1.33 bits per heavy atom. The smallest absolute Gasteiger partial charge is 0.0431 e. The summed E-state index contributed by atoms with van der Waals surface area (Å²) in [6.45, 7) is 0.679. The van der Waals surface area contributed by atoms with Crippen LogP contribution in [0.3, 0.4) is 0 Å². The lowest BCUT2D eigenvalue weighted by atomic mass is 9.88. The molecule has 1 aromatic rings. The van der Waals surface area contributed by atoms with E-state index in [1.165, 1.54) is 89.0 Å². The van der Waals surface area contributed by atoms with Gasteiger partial charge >= 0.3 is 0 Å². The van der Waals surface area contributed by atoms with Gasteiger partial charge in [0.15, 0.2) is 0 Å². The van der Waals surface area contributed by atoms with Gasteiger partial charge in [0.2, 0.25) is 0 Å². The Labute approximate surface area is 168 Å². The number of benzene rings is 1. The first-order valence-electron chi connectivity index (χ1n) is 11.6. The fraction of sp³-hybridized carbons (Fsp3) is 0.760. The average Bonchev–Trinajstić information content (AvgIpc) is 2.71. The van der Waals surface area contributed by atoms with Gasteiger partial charge in [0.05, 0.1) is 0 Å². The van der Waals surface area contributed by atoms with Crippen LogP contribution < -0.4 is 0 Å². The van der Waals surface area contributed by atoms with Gasteiger partial charge < -0.3 is 10.2 Å². The summed E-state index contributed by atoms with van der Waals surface area (Å²) >= 11 is 0. The van der Waals surface area contributed by atoms with Gasteiger partial charge in [-0.1, -0.05) is 107 Å². The highest BCUT2D eigenvalue weighted by Gasteiger charge is 2.10. The molecule has 2 nitrogen and oxygen atoms in total. The van der Waals surface area contributed by atoms with Gasteiger partial charge in [-0.25, -0.2) is 0 Å². The lowest BCUT2D eigenvalue weighted by molar-refractivity contribution is 0.280. The molecule has 0 aromatic heterocycles. The van der Waals surface area contributed by atoms with Crippen molar-refractivity contribution in [2.75, 3.05) is 13.2 Å². The van der Waals surface area contributed by atoms with Crippen LogP contribution in [0.5, 0.6) is 0 Å². The molecule has 156 valence electrons. The summed E-state index contributed by atoms with van der Waals surface area (Å²) < 4.78 is 0. The first-order chi connectivity index (χ1) is 13.4. The van der Waals surface area contributed by atoms with E-state index in [-0.39, 0.29) is 0 Å². The highest BCUT2D eigenvalue weighted by Crippen LogP contribution is 2.28. The van der Waals surface area contributed by atoms with E-state index in [9.17, 15) is 0 Å². The summed E-state index contributed by atoms with van der Waals surface area (Å²) in [5.41, 5.74) is 1.48. The van der Waals surface area contributed by atoms with E-state index in [0.717, 1.165) is 19.3 Å². The van der Waals surface area contributed by atoms with Crippen LogP contribution in [-0.2, 0) is 0 Å². The van der Waals surface area contributed by atoms with E-state index in [1.807, 2.05) is 0 Å². The van der Waals surface area contributed by atoms with Crippen LogP contribution in [-0.4, -0.2) is 23.4 Å². The minimum atomic E-state index is 0.324. The molecule has 0 saturated heterocycles. The maximum atomic E-state index is 9.04. The first-order valence-corrected chi connectivity index (χ1v) is 11.6. The lowest BCUT2D eigenvalue weighted by Gasteiger charge is -2.17. The monoisotopic (exact) mass is 376 g/mol. The standard InChI is InChI=1S/C25H44O2/c26-22-16-10-8-6-4-2-1-3-5-7-9-12-18-25(21-15-17-23-27)24-19-13-11-14-20-24/h11,13-14,19-20,25-27H,1-10,12,15-18,21-23H2. The Kier molecular flexibility index (Phi) is 16.6. The van der Waals surface area contributed by atoms with Crippen molar-refractivity contribution >= 4 is 0 Å². The molecule has 27 heavy (non-hydrogen) atoms. The molecule has 2 N–H and O–H groups in total. The molecule has 0 radical (unpaired) electrons. The molecule has 1 rings (SSSR count). The van der Waals surface area contributed by atoms with E-state index in [1.54, 1.807) is 0 Å². The van der Waals surface area contributed by atoms with Crippen LogP contribution in [0.25, 0.3) is 0 Å². The van der Waals surface area contributed by atoms with Crippen LogP contribution in [0, 0.1) is 0 Å². The molecule has 0 heterocycles. The summed E-state index contributed by atoms with van der Waals surface area (Å²) in [5, 5.41) is 17.8. The number of hydrogen-bond donors (Lipinski definition) is 2. The highest BCUT2D eigenvalue weighted by molar-refractivity contribution is 5.19. The van der Waals surface area contributed by atoms with E-state index in [4.69, 9.17) is 10.2 Å². The van der Waals surface area contributed by atoms with Crippen molar-refractivity contribution < 1.29 is 10.2 Å². The molecule has 0 amide bonds. The minimum Gasteiger partial charge on any atom is -0.396 e. The van der Waals surface area contributed by atoms with E-state index in [2.05, 4.69) is 30.3 Å². The second-order valence-electron chi connectivity index (χ2n) is 8.08. The van der Waals surface area contributed by atoms with Crippen molar-refractivity contribution in [3.8, 4) is 0 Å². The molecule has 0 aliphatic carbocycles. The Morgan fingerprint density at radius 2 is 0.852 bits per heavy atom. The van der Waals surface area contributed by atoms with Crippen LogP contribution in [0.4, 0.5) is 0 Å². The van der Waals surface area contributed by atoms with Gasteiger partial charge in [-0.15, -0.1) is 0 Å². The molecule has 0 saturated carbocycles. The average molecular weight is 377 g/mol. The first kappa shape index (κ1) is 24.2. The largest absolute Gasteiger partial charge is 0.396 e. The lowest BCUT2D eigenvalue weighted by Crippen LogP contribution is -2.00. The van der Waals surface area contributed by atoms with E-state index >= 15 is 0 Å². The molecule has 0 bridgehead atoms. The minimum absolute atomic E-state index is 0.324. The van der Waals surface area contributed by atoms with Gasteiger partial charge in [0.1, 0.15) is 0 Å². The SMILES string of the molecule is OCCCCCCCCCCCCCCC(CCCCO)c1ccccc1. The molecule has 0 aliphatic rings. The van der Waals surface area contributed by atoms with Gasteiger partial charge in [-0.3, -0.25) is 0 Å². The topological polar surface area (TPSA) is 40.5 Å². The molecule has 0 aliphatic heterocycles. The fourth-order valence-electron chi connectivity index (χ4n) is 3.98. The van der Waals surface area contributed by atoms with Crippen molar-refractivity contribution in [2.45, 2.75) is 109 Å². The van der Waals surface area contributed by atoms with Crippen LogP contribution in [0.15, 0.2) is 30.3 Å². The highest BCUT2D eigenvalue weighted by atomic mass is 16.3. The number of rotatable bonds is 19. The molecular weight excluding hydrogens is 332 g/mol. The predicted molar refractivity (Wildman–Crippen MR) is 117 cm³/mol. The zero-order valence-electron chi connectivity index (χ0n) is 17.6. The van der Waals surface area contributed by atoms with Gasteiger partial charge in [-0.05, 0) is 37.2 Å². The van der Waals surface area contributed by atoms with E-state index < -0.39 is 0 Å². The Balaban J connectivity index is 2.01. The number of aliphatic hydroxyl groups excluding tert-OH is 2. The van der Waals surface area contributed by atoms with Crippen molar-refractivity contribution in [1.82, 2.24) is 0 Å². The second-order valence-corrected chi connectivity index (χ2v) is 8.08. The second kappa shape index (κ2) is 18.5. The molecule has 1 atom stereocenters. The predicted octanol–water partition coefficient (Wildman–Crippen LogP) is 7.00. The van der Waals surface area contributed by atoms with Crippen LogP contribution >= 0.6 is 0 Å².